The lowest BCUT2D eigenvalue weighted by molar-refractivity contribution is 0.996. The Balaban J connectivity index is 1.82. The monoisotopic (exact) mass is 238 g/mol. The smallest absolute Gasteiger partial charge is 0.0433 e. The highest BCUT2D eigenvalue weighted by molar-refractivity contribution is 5.46. The zero-order chi connectivity index (χ0) is 12.6. The number of benzene rings is 2. The molecule has 0 aromatic heterocycles. The predicted octanol–water partition coefficient (Wildman–Crippen LogP) is 4.11. The molecule has 0 spiro atoms. The molecule has 2 aromatic carbocycles. The summed E-state index contributed by atoms with van der Waals surface area (Å²) >= 11 is 0. The van der Waals surface area contributed by atoms with Gasteiger partial charge in [0.25, 0.3) is 0 Å². The first-order valence-corrected chi connectivity index (χ1v) is 6.14. The third-order valence-corrected chi connectivity index (χ3v) is 2.58. The molecule has 0 unspecified atom stereocenters. The summed E-state index contributed by atoms with van der Waals surface area (Å²) in [5.41, 5.74) is 2.23. The molecule has 0 amide bonds. The fraction of sp³-hybridized carbons (Fsp3) is 0.125. The van der Waals surface area contributed by atoms with Crippen molar-refractivity contribution in [1.29, 1.82) is 0 Å². The van der Waals surface area contributed by atoms with E-state index in [1.165, 1.54) is 0 Å². The normalized spacial score (nSPS) is 12.3. The lowest BCUT2D eigenvalue weighted by Gasteiger charge is -2.11. The van der Waals surface area contributed by atoms with E-state index in [-0.39, 0.29) is 6.04 Å². The molecule has 0 bridgehead atoms. The summed E-state index contributed by atoms with van der Waals surface area (Å²) in [6.07, 6.45) is 4.07. The highest BCUT2D eigenvalue weighted by Crippen LogP contribution is 2.08. The van der Waals surface area contributed by atoms with E-state index in [1.807, 2.05) is 54.7 Å². The molecule has 0 aliphatic carbocycles. The van der Waals surface area contributed by atoms with Gasteiger partial charge in [-0.1, -0.05) is 36.4 Å². The molecule has 1 atom stereocenters. The van der Waals surface area contributed by atoms with Crippen molar-refractivity contribution in [2.75, 3.05) is 10.6 Å². The van der Waals surface area contributed by atoms with E-state index in [0.29, 0.717) is 0 Å². The molecule has 0 aliphatic rings. The van der Waals surface area contributed by atoms with Crippen LogP contribution in [0.4, 0.5) is 11.4 Å². The summed E-state index contributed by atoms with van der Waals surface area (Å²) < 4.78 is 0. The van der Waals surface area contributed by atoms with Crippen LogP contribution in [0.3, 0.4) is 0 Å². The molecule has 2 heteroatoms. The number of para-hydroxylation sites is 2. The Bertz CT molecular complexity index is 477. The second kappa shape index (κ2) is 6.50. The summed E-state index contributed by atoms with van der Waals surface area (Å²) in [5.74, 6) is 0. The molecule has 0 radical (unpaired) electrons. The van der Waals surface area contributed by atoms with Crippen molar-refractivity contribution in [2.24, 2.45) is 0 Å². The maximum Gasteiger partial charge on any atom is 0.0433 e. The van der Waals surface area contributed by atoms with Crippen molar-refractivity contribution in [3.8, 4) is 0 Å². The van der Waals surface area contributed by atoms with E-state index in [1.54, 1.807) is 0 Å². The Kier molecular flexibility index (Phi) is 4.42. The van der Waals surface area contributed by atoms with Crippen LogP contribution in [-0.4, -0.2) is 6.04 Å². The first-order chi connectivity index (χ1) is 8.84. The third-order valence-electron chi connectivity index (χ3n) is 2.58. The summed E-state index contributed by atoms with van der Waals surface area (Å²) in [6.45, 7) is 2.12. The van der Waals surface area contributed by atoms with E-state index in [9.17, 15) is 0 Å². The molecule has 0 saturated carbocycles. The molecular weight excluding hydrogens is 220 g/mol. The van der Waals surface area contributed by atoms with Gasteiger partial charge in [-0.25, -0.2) is 0 Å². The average Bonchev–Trinajstić information content (AvgIpc) is 2.41. The summed E-state index contributed by atoms with van der Waals surface area (Å²) in [4.78, 5) is 0. The van der Waals surface area contributed by atoms with Gasteiger partial charge in [-0.05, 0) is 43.5 Å². The van der Waals surface area contributed by atoms with Gasteiger partial charge in [-0.2, -0.15) is 0 Å². The van der Waals surface area contributed by atoms with E-state index in [4.69, 9.17) is 0 Å². The minimum Gasteiger partial charge on any atom is -0.379 e. The van der Waals surface area contributed by atoms with Crippen LogP contribution in [0.15, 0.2) is 72.9 Å². The van der Waals surface area contributed by atoms with Crippen LogP contribution in [-0.2, 0) is 0 Å². The summed E-state index contributed by atoms with van der Waals surface area (Å²) in [5, 5.41) is 6.64. The van der Waals surface area contributed by atoms with Crippen LogP contribution in [0.2, 0.25) is 0 Å². The van der Waals surface area contributed by atoms with Gasteiger partial charge in [0.15, 0.2) is 0 Å². The minimum atomic E-state index is 0.281. The first kappa shape index (κ1) is 12.2. The van der Waals surface area contributed by atoms with Crippen molar-refractivity contribution in [3.05, 3.63) is 72.9 Å². The number of hydrogen-bond acceptors (Lipinski definition) is 2. The number of rotatable bonds is 5. The second-order valence-corrected chi connectivity index (χ2v) is 4.17. The first-order valence-electron chi connectivity index (χ1n) is 6.14. The van der Waals surface area contributed by atoms with E-state index < -0.39 is 0 Å². The lowest BCUT2D eigenvalue weighted by atomic mass is 10.2. The topological polar surface area (TPSA) is 24.1 Å². The van der Waals surface area contributed by atoms with E-state index >= 15 is 0 Å². The largest absolute Gasteiger partial charge is 0.379 e. The molecule has 2 aromatic rings. The van der Waals surface area contributed by atoms with E-state index in [2.05, 4.69) is 35.8 Å². The molecule has 2 rings (SSSR count). The Morgan fingerprint density at radius 3 is 2.00 bits per heavy atom. The maximum atomic E-state index is 3.40. The van der Waals surface area contributed by atoms with E-state index in [0.717, 1.165) is 11.4 Å². The van der Waals surface area contributed by atoms with Gasteiger partial charge in [-0.3, -0.25) is 0 Å². The molecule has 18 heavy (non-hydrogen) atoms. The van der Waals surface area contributed by atoms with Crippen LogP contribution in [0.25, 0.3) is 0 Å². The van der Waals surface area contributed by atoms with Gasteiger partial charge in [0.05, 0.1) is 0 Å². The van der Waals surface area contributed by atoms with Crippen molar-refractivity contribution in [3.63, 3.8) is 0 Å². The van der Waals surface area contributed by atoms with Gasteiger partial charge < -0.3 is 10.6 Å². The molecule has 0 aliphatic heterocycles. The average molecular weight is 238 g/mol. The second-order valence-electron chi connectivity index (χ2n) is 4.17. The van der Waals surface area contributed by atoms with Crippen LogP contribution in [0.5, 0.6) is 0 Å². The molecule has 92 valence electrons. The third kappa shape index (κ3) is 3.98. The Hall–Kier alpha value is -2.22. The summed E-state index contributed by atoms with van der Waals surface area (Å²) in [7, 11) is 0. The van der Waals surface area contributed by atoms with Crippen molar-refractivity contribution in [2.45, 2.75) is 13.0 Å². The van der Waals surface area contributed by atoms with Crippen LogP contribution >= 0.6 is 0 Å². The predicted molar refractivity (Wildman–Crippen MR) is 78.7 cm³/mol. The van der Waals surface area contributed by atoms with Gasteiger partial charge >= 0.3 is 0 Å². The lowest BCUT2D eigenvalue weighted by Crippen LogP contribution is -2.12. The number of anilines is 2. The van der Waals surface area contributed by atoms with Crippen molar-refractivity contribution < 1.29 is 0 Å². The fourth-order valence-electron chi connectivity index (χ4n) is 1.67. The molecule has 2 nitrogen and oxygen atoms in total. The van der Waals surface area contributed by atoms with Crippen LogP contribution in [0.1, 0.15) is 6.92 Å². The molecule has 0 fully saturated rings. The Morgan fingerprint density at radius 1 is 0.833 bits per heavy atom. The number of hydrogen-bond donors (Lipinski definition) is 2. The van der Waals surface area contributed by atoms with Gasteiger partial charge in [0, 0.05) is 17.4 Å². The fourth-order valence-corrected chi connectivity index (χ4v) is 1.67. The zero-order valence-electron chi connectivity index (χ0n) is 10.5. The Morgan fingerprint density at radius 2 is 1.39 bits per heavy atom. The molecular formula is C16H18N2. The molecule has 2 N–H and O–H groups in total. The minimum absolute atomic E-state index is 0.281. The molecule has 0 heterocycles. The van der Waals surface area contributed by atoms with Gasteiger partial charge in [-0.15, -0.1) is 0 Å². The van der Waals surface area contributed by atoms with Crippen LogP contribution < -0.4 is 10.6 Å². The molecule has 0 saturated heterocycles. The SMILES string of the molecule is C[C@H](/C=C/Nc1ccccc1)Nc1ccccc1. The Labute approximate surface area is 108 Å². The highest BCUT2D eigenvalue weighted by Gasteiger charge is 1.95. The van der Waals surface area contributed by atoms with Crippen molar-refractivity contribution >= 4 is 11.4 Å². The quantitative estimate of drug-likeness (QED) is 0.819. The number of nitrogens with one attached hydrogen (secondary N) is 2. The zero-order valence-corrected chi connectivity index (χ0v) is 10.5. The maximum absolute atomic E-state index is 3.40. The van der Waals surface area contributed by atoms with Crippen LogP contribution in [0, 0.1) is 0 Å². The van der Waals surface area contributed by atoms with Crippen molar-refractivity contribution in [1.82, 2.24) is 0 Å². The standard InChI is InChI=1S/C16H18N2/c1-14(18-16-10-6-3-7-11-16)12-13-17-15-8-4-2-5-9-15/h2-14,17-18H,1H3/b13-12+/t14-/m1/s1. The summed E-state index contributed by atoms with van der Waals surface area (Å²) in [6, 6.07) is 20.6. The van der Waals surface area contributed by atoms with Gasteiger partial charge in [0.2, 0.25) is 0 Å². The van der Waals surface area contributed by atoms with Gasteiger partial charge in [0.1, 0.15) is 0 Å². The highest BCUT2D eigenvalue weighted by atomic mass is 14.9.